The van der Waals surface area contributed by atoms with Gasteiger partial charge in [0.15, 0.2) is 0 Å². The van der Waals surface area contributed by atoms with E-state index in [2.05, 4.69) is 10.5 Å². The lowest BCUT2D eigenvalue weighted by Gasteiger charge is -1.65. The van der Waals surface area contributed by atoms with Crippen LogP contribution >= 0.6 is 11.8 Å². The zero-order valence-electron chi connectivity index (χ0n) is 2.64. The second-order valence-electron chi connectivity index (χ2n) is 0.716. The summed E-state index contributed by atoms with van der Waals surface area (Å²) in [5, 5.41) is 0. The van der Waals surface area contributed by atoms with Crippen LogP contribution in [0.2, 0.25) is 0 Å². The first-order valence-electron chi connectivity index (χ1n) is 1.39. The molecular formula is C3H3NS. The van der Waals surface area contributed by atoms with E-state index < -0.39 is 0 Å². The summed E-state index contributed by atoms with van der Waals surface area (Å²) in [7, 11) is 0. The largest absolute Gasteiger partial charge is 0.274 e. The quantitative estimate of drug-likeness (QED) is 0.424. The highest BCUT2D eigenvalue weighted by molar-refractivity contribution is 8.14. The summed E-state index contributed by atoms with van der Waals surface area (Å²) in [6.07, 6.45) is 0. The van der Waals surface area contributed by atoms with Gasteiger partial charge in [0.25, 0.3) is 0 Å². The maximum Gasteiger partial charge on any atom is 0.123 e. The summed E-state index contributed by atoms with van der Waals surface area (Å²) in [4.78, 5) is 3.74. The normalized spacial score (nSPS) is 20.8. The van der Waals surface area contributed by atoms with Crippen molar-refractivity contribution in [2.45, 2.75) is 0 Å². The number of hydrogen-bond acceptors (Lipinski definition) is 2. The fourth-order valence-corrected chi connectivity index (χ4v) is 0.559. The van der Waals surface area contributed by atoms with Crippen LogP contribution in [0.1, 0.15) is 0 Å². The minimum absolute atomic E-state index is 0.852. The van der Waals surface area contributed by atoms with Gasteiger partial charge < -0.3 is 0 Å². The number of hydrogen-bond donors (Lipinski definition) is 0. The van der Waals surface area contributed by atoms with Gasteiger partial charge in [-0.2, -0.15) is 0 Å². The van der Waals surface area contributed by atoms with E-state index in [0.717, 1.165) is 6.54 Å². The molecule has 0 fully saturated rings. The third-order valence-corrected chi connectivity index (χ3v) is 0.917. The second-order valence-corrected chi connectivity index (χ2v) is 1.47. The van der Waals surface area contributed by atoms with Crippen LogP contribution in [0.4, 0.5) is 0 Å². The molecule has 0 bridgehead atoms. The summed E-state index contributed by atoms with van der Waals surface area (Å²) >= 11 is 1.53. The molecule has 1 nitrogen and oxygen atoms in total. The molecule has 0 atom stereocenters. The lowest BCUT2D eigenvalue weighted by atomic mass is 10.8. The Morgan fingerprint density at radius 1 is 2.00 bits per heavy atom. The van der Waals surface area contributed by atoms with Gasteiger partial charge in [0.05, 0.1) is 6.54 Å². The summed E-state index contributed by atoms with van der Waals surface area (Å²) in [6, 6.07) is 0. The fraction of sp³-hybridized carbons (Fsp3) is 0.333. The molecule has 0 aliphatic carbocycles. The first kappa shape index (κ1) is 3.22. The number of thioether (sulfide) groups is 1. The molecule has 1 rings (SSSR count). The third kappa shape index (κ3) is 0.651. The van der Waals surface area contributed by atoms with Crippen LogP contribution in [0.3, 0.4) is 0 Å². The van der Waals surface area contributed by atoms with Gasteiger partial charge in [0.1, 0.15) is 5.55 Å². The Hall–Kier alpha value is 0.0200. The molecule has 1 aliphatic rings. The molecule has 0 saturated carbocycles. The van der Waals surface area contributed by atoms with E-state index in [1.54, 1.807) is 0 Å². The Balaban J connectivity index is 2.32. The topological polar surface area (TPSA) is 12.4 Å². The van der Waals surface area contributed by atoms with Crippen molar-refractivity contribution >= 4 is 17.3 Å². The zero-order valence-corrected chi connectivity index (χ0v) is 3.46. The number of rotatable bonds is 0. The van der Waals surface area contributed by atoms with Gasteiger partial charge in [-0.1, -0.05) is 11.8 Å². The lowest BCUT2D eigenvalue weighted by Crippen LogP contribution is -1.59. The molecule has 26 valence electrons. The van der Waals surface area contributed by atoms with Gasteiger partial charge >= 0.3 is 0 Å². The summed E-state index contributed by atoms with van der Waals surface area (Å²) in [6.45, 7) is 0.852. The van der Waals surface area contributed by atoms with Crippen molar-refractivity contribution in [2.24, 2.45) is 4.99 Å². The summed E-state index contributed by atoms with van der Waals surface area (Å²) < 4.78 is 0. The molecule has 0 aromatic heterocycles. The predicted octanol–water partition coefficient (Wildman–Crippen LogP) is 0.800. The third-order valence-electron chi connectivity index (χ3n) is 0.366. The van der Waals surface area contributed by atoms with Crippen LogP contribution in [0.5, 0.6) is 0 Å². The smallest absolute Gasteiger partial charge is 0.123 e. The van der Waals surface area contributed by atoms with Gasteiger partial charge in [-0.3, -0.25) is 4.99 Å². The molecule has 0 N–H and O–H groups in total. The summed E-state index contributed by atoms with van der Waals surface area (Å²) in [5.41, 5.74) is 2.71. The Morgan fingerprint density at radius 3 is 3.20 bits per heavy atom. The highest BCUT2D eigenvalue weighted by atomic mass is 32.2. The Bertz CT molecular complexity index is 44.9. The maximum absolute atomic E-state index is 3.74. The van der Waals surface area contributed by atoms with Crippen molar-refractivity contribution in [1.29, 1.82) is 0 Å². The van der Waals surface area contributed by atoms with Gasteiger partial charge in [-0.05, 0) is 0 Å². The molecule has 2 radical (unpaired) electrons. The Morgan fingerprint density at radius 2 is 3.00 bits per heavy atom. The van der Waals surface area contributed by atoms with Gasteiger partial charge in [-0.25, -0.2) is 0 Å². The molecule has 0 amide bonds. The molecule has 5 heavy (non-hydrogen) atoms. The monoisotopic (exact) mass is 85.0 g/mol. The van der Waals surface area contributed by atoms with E-state index in [1.165, 1.54) is 11.8 Å². The summed E-state index contributed by atoms with van der Waals surface area (Å²) in [5.74, 6) is 2.00. The van der Waals surface area contributed by atoms with E-state index >= 15 is 0 Å². The van der Waals surface area contributed by atoms with Crippen LogP contribution < -0.4 is 0 Å². The second kappa shape index (κ2) is 1.45. The molecule has 0 aromatic rings. The van der Waals surface area contributed by atoms with Crippen molar-refractivity contribution < 1.29 is 0 Å². The van der Waals surface area contributed by atoms with Crippen molar-refractivity contribution in [3.63, 3.8) is 0 Å². The van der Waals surface area contributed by atoms with Crippen LogP contribution in [0.15, 0.2) is 4.99 Å². The highest BCUT2D eigenvalue weighted by Crippen LogP contribution is 2.06. The number of nitrogens with zero attached hydrogens (tertiary/aromatic N) is 1. The van der Waals surface area contributed by atoms with Gasteiger partial charge in [0.2, 0.25) is 0 Å². The van der Waals surface area contributed by atoms with Crippen molar-refractivity contribution in [3.05, 3.63) is 5.75 Å². The molecule has 0 unspecified atom stereocenters. The molecule has 1 heterocycles. The van der Waals surface area contributed by atoms with Crippen LogP contribution in [0, 0.1) is 5.75 Å². The average molecular weight is 85.1 g/mol. The van der Waals surface area contributed by atoms with Gasteiger partial charge in [-0.15, -0.1) is 0 Å². The van der Waals surface area contributed by atoms with E-state index in [1.807, 2.05) is 5.75 Å². The van der Waals surface area contributed by atoms with E-state index in [4.69, 9.17) is 0 Å². The first-order valence-corrected chi connectivity index (χ1v) is 2.27. The molecule has 0 aromatic carbocycles. The van der Waals surface area contributed by atoms with E-state index in [-0.39, 0.29) is 0 Å². The molecule has 0 saturated heterocycles. The minimum atomic E-state index is 0.852. The number of aliphatic imine (C=N–C) groups is 1. The van der Waals surface area contributed by atoms with Crippen molar-refractivity contribution in [2.75, 3.05) is 6.54 Å². The van der Waals surface area contributed by atoms with E-state index in [9.17, 15) is 0 Å². The maximum atomic E-state index is 3.74. The molecular weight excluding hydrogens is 82.1 g/mol. The molecule has 0 spiro atoms. The lowest BCUT2D eigenvalue weighted by molar-refractivity contribution is 1.26. The minimum Gasteiger partial charge on any atom is -0.274 e. The van der Waals surface area contributed by atoms with Crippen molar-refractivity contribution in [3.8, 4) is 0 Å². The fourth-order valence-electron chi connectivity index (χ4n) is 0.186. The average Bonchev–Trinajstić information content (AvgIpc) is 1.76. The van der Waals surface area contributed by atoms with Crippen LogP contribution in [-0.2, 0) is 0 Å². The highest BCUT2D eigenvalue weighted by Gasteiger charge is 1.88. The predicted molar refractivity (Wildman–Crippen MR) is 24.2 cm³/mol. The Kier molecular flexibility index (Phi) is 0.937. The molecule has 2 heteroatoms. The van der Waals surface area contributed by atoms with Crippen LogP contribution in [-0.4, -0.2) is 12.1 Å². The zero-order chi connectivity index (χ0) is 3.54. The SMILES string of the molecule is [C]1=NC[CH]S1. The van der Waals surface area contributed by atoms with Crippen LogP contribution in [0.25, 0.3) is 0 Å². The Labute approximate surface area is 35.5 Å². The molecule has 1 aliphatic heterocycles. The van der Waals surface area contributed by atoms with E-state index in [0.29, 0.717) is 0 Å². The van der Waals surface area contributed by atoms with Crippen molar-refractivity contribution in [1.82, 2.24) is 0 Å². The standard InChI is InChI=1S/C3H3NS/c1-2-5-3-4-1/h2H,1H2. The first-order chi connectivity index (χ1) is 2.50. The van der Waals surface area contributed by atoms with Gasteiger partial charge in [0, 0.05) is 5.75 Å².